The molecule has 0 aliphatic carbocycles. The number of nitrogens with one attached hydrogen (secondary N) is 2. The van der Waals surface area contributed by atoms with Crippen LogP contribution in [0.2, 0.25) is 0 Å². The van der Waals surface area contributed by atoms with Gasteiger partial charge in [0, 0.05) is 0 Å². The van der Waals surface area contributed by atoms with Crippen LogP contribution in [0.1, 0.15) is 0 Å². The van der Waals surface area contributed by atoms with Crippen molar-refractivity contribution in [2.45, 2.75) is 0 Å². The zero-order valence-corrected chi connectivity index (χ0v) is 3.64. The first-order chi connectivity index (χ1) is 3.31. The monoisotopic (exact) mass is 102 g/mol. The maximum Gasteiger partial charge on any atom is 0.342 e. The average Bonchev–Trinajstić information content (AvgIpc) is 1.68. The molecule has 0 aromatic carbocycles. The Hall–Kier alpha value is -1.03. The lowest BCUT2D eigenvalue weighted by Gasteiger charge is -1.91. The number of rotatable bonds is 1. The third-order valence-corrected chi connectivity index (χ3v) is 0.335. The van der Waals surface area contributed by atoms with Gasteiger partial charge in [-0.25, -0.2) is 10.3 Å². The molecule has 0 rings (SSSR count). The second-order valence-corrected chi connectivity index (χ2v) is 0.789. The molecule has 40 valence electrons. The van der Waals surface area contributed by atoms with Gasteiger partial charge >= 0.3 is 6.03 Å². The summed E-state index contributed by atoms with van der Waals surface area (Å²) in [5, 5.41) is 9.82. The smallest absolute Gasteiger partial charge is 0.314 e. The van der Waals surface area contributed by atoms with Gasteiger partial charge in [-0.3, -0.25) is 5.21 Å². The number of urea groups is 1. The molecule has 0 fully saturated rings. The number of carbonyl (C=O) groups excluding carboxylic acids is 1. The number of amides is 2. The molecule has 0 bridgehead atoms. The summed E-state index contributed by atoms with van der Waals surface area (Å²) in [5.41, 5.74) is 1.34. The molecule has 4 nitrogen and oxygen atoms in total. The fraction of sp³-hybridized carbons (Fsp3) is 0. The maximum atomic E-state index is 9.87. The Labute approximate surface area is 40.8 Å². The van der Waals surface area contributed by atoms with E-state index in [0.717, 1.165) is 6.20 Å². The normalized spacial score (nSPS) is 7.00. The van der Waals surface area contributed by atoms with E-state index in [1.54, 1.807) is 0 Å². The van der Waals surface area contributed by atoms with Crippen molar-refractivity contribution in [3.8, 4) is 0 Å². The number of carbonyl (C=O) groups is 1. The van der Waals surface area contributed by atoms with Gasteiger partial charge in [-0.05, 0) is 6.20 Å². The van der Waals surface area contributed by atoms with E-state index in [1.165, 1.54) is 5.48 Å². The van der Waals surface area contributed by atoms with Crippen molar-refractivity contribution in [2.24, 2.45) is 0 Å². The molecule has 0 aliphatic heterocycles. The van der Waals surface area contributed by atoms with Crippen molar-refractivity contribution in [2.75, 3.05) is 0 Å². The molecule has 0 aromatic rings. The third-order valence-electron chi connectivity index (χ3n) is 0.335. The maximum absolute atomic E-state index is 9.87. The predicted octanol–water partition coefficient (Wildman–Crippen LogP) is -0.182. The lowest BCUT2D eigenvalue weighted by molar-refractivity contribution is 0.164. The van der Waals surface area contributed by atoms with E-state index < -0.39 is 6.03 Å². The molecule has 3 N–H and O–H groups in total. The topological polar surface area (TPSA) is 61.4 Å². The van der Waals surface area contributed by atoms with Crippen LogP contribution in [-0.2, 0) is 0 Å². The molecule has 0 unspecified atom stereocenters. The molecular formula is C3H6N2O2. The third kappa shape index (κ3) is 2.78. The summed E-state index contributed by atoms with van der Waals surface area (Å²) in [6, 6.07) is -0.685. The van der Waals surface area contributed by atoms with E-state index in [0.29, 0.717) is 0 Å². The molecule has 0 heterocycles. The van der Waals surface area contributed by atoms with E-state index in [4.69, 9.17) is 5.21 Å². The predicted molar refractivity (Wildman–Crippen MR) is 23.7 cm³/mol. The lowest BCUT2D eigenvalue weighted by Crippen LogP contribution is -2.28. The van der Waals surface area contributed by atoms with Crippen LogP contribution in [0.15, 0.2) is 12.8 Å². The molecule has 7 heavy (non-hydrogen) atoms. The number of hydroxylamine groups is 1. The van der Waals surface area contributed by atoms with Gasteiger partial charge in [0.1, 0.15) is 0 Å². The van der Waals surface area contributed by atoms with E-state index >= 15 is 0 Å². The summed E-state index contributed by atoms with van der Waals surface area (Å²) >= 11 is 0. The fourth-order valence-electron chi connectivity index (χ4n) is 0.125. The lowest BCUT2D eigenvalue weighted by atomic mass is 10.9. The first kappa shape index (κ1) is 5.97. The van der Waals surface area contributed by atoms with Crippen LogP contribution < -0.4 is 10.8 Å². The molecule has 0 aromatic heterocycles. The molecule has 0 radical (unpaired) electrons. The second-order valence-electron chi connectivity index (χ2n) is 0.789. The molecule has 0 saturated carbocycles. The highest BCUT2D eigenvalue weighted by Crippen LogP contribution is 1.55. The largest absolute Gasteiger partial charge is 0.342 e. The second kappa shape index (κ2) is 3.17. The minimum absolute atomic E-state index is 0.685. The average molecular weight is 102 g/mol. The minimum atomic E-state index is -0.685. The van der Waals surface area contributed by atoms with Crippen molar-refractivity contribution in [1.82, 2.24) is 10.8 Å². The van der Waals surface area contributed by atoms with Gasteiger partial charge in [0.2, 0.25) is 0 Å². The first-order valence-corrected chi connectivity index (χ1v) is 1.62. The van der Waals surface area contributed by atoms with Crippen LogP contribution in [0.4, 0.5) is 4.79 Å². The van der Waals surface area contributed by atoms with Crippen LogP contribution in [0.25, 0.3) is 0 Å². The van der Waals surface area contributed by atoms with Gasteiger partial charge in [0.25, 0.3) is 0 Å². The van der Waals surface area contributed by atoms with E-state index in [-0.39, 0.29) is 0 Å². The summed E-state index contributed by atoms with van der Waals surface area (Å²) in [4.78, 5) is 9.87. The van der Waals surface area contributed by atoms with Crippen LogP contribution in [0.3, 0.4) is 0 Å². The fourth-order valence-corrected chi connectivity index (χ4v) is 0.125. The van der Waals surface area contributed by atoms with Gasteiger partial charge < -0.3 is 5.32 Å². The molecule has 2 amide bonds. The van der Waals surface area contributed by atoms with Gasteiger partial charge in [0.05, 0.1) is 0 Å². The first-order valence-electron chi connectivity index (χ1n) is 1.62. The van der Waals surface area contributed by atoms with Crippen LogP contribution in [-0.4, -0.2) is 11.2 Å². The SMILES string of the molecule is C=CNC(=O)NO. The van der Waals surface area contributed by atoms with Crippen molar-refractivity contribution in [1.29, 1.82) is 0 Å². The Morgan fingerprint density at radius 1 is 1.86 bits per heavy atom. The van der Waals surface area contributed by atoms with Gasteiger partial charge in [0.15, 0.2) is 0 Å². The number of hydrogen-bond acceptors (Lipinski definition) is 2. The van der Waals surface area contributed by atoms with Crippen molar-refractivity contribution >= 4 is 6.03 Å². The summed E-state index contributed by atoms with van der Waals surface area (Å²) in [7, 11) is 0. The minimum Gasteiger partial charge on any atom is -0.314 e. The zero-order valence-electron chi connectivity index (χ0n) is 3.64. The highest BCUT2D eigenvalue weighted by molar-refractivity contribution is 5.73. The molecule has 0 aliphatic rings. The number of hydrogen-bond donors (Lipinski definition) is 3. The Morgan fingerprint density at radius 3 is 2.57 bits per heavy atom. The Balaban J connectivity index is 3.17. The van der Waals surface area contributed by atoms with Crippen LogP contribution >= 0.6 is 0 Å². The highest BCUT2D eigenvalue weighted by Gasteiger charge is 1.86. The molecule has 4 heteroatoms. The molecular weight excluding hydrogens is 96.0 g/mol. The Bertz CT molecular complexity index is 81.0. The molecule has 0 atom stereocenters. The summed E-state index contributed by atoms with van der Waals surface area (Å²) in [6.45, 7) is 3.17. The van der Waals surface area contributed by atoms with Crippen molar-refractivity contribution < 1.29 is 10.0 Å². The van der Waals surface area contributed by atoms with Crippen LogP contribution in [0.5, 0.6) is 0 Å². The van der Waals surface area contributed by atoms with Gasteiger partial charge in [-0.1, -0.05) is 6.58 Å². The summed E-state index contributed by atoms with van der Waals surface area (Å²) < 4.78 is 0. The summed E-state index contributed by atoms with van der Waals surface area (Å²) in [6.07, 6.45) is 1.16. The zero-order chi connectivity index (χ0) is 5.70. The van der Waals surface area contributed by atoms with E-state index in [9.17, 15) is 4.79 Å². The molecule has 0 saturated heterocycles. The standard InChI is InChI=1S/C3H6N2O2/c1-2-4-3(6)5-7/h2,7H,1H2,(H2,4,5,6). The van der Waals surface area contributed by atoms with Crippen molar-refractivity contribution in [3.05, 3.63) is 12.8 Å². The Morgan fingerprint density at radius 2 is 2.43 bits per heavy atom. The van der Waals surface area contributed by atoms with Gasteiger partial charge in [-0.2, -0.15) is 0 Å². The quantitative estimate of drug-likeness (QED) is 0.317. The van der Waals surface area contributed by atoms with Crippen LogP contribution in [0, 0.1) is 0 Å². The summed E-state index contributed by atoms with van der Waals surface area (Å²) in [5.74, 6) is 0. The highest BCUT2D eigenvalue weighted by atomic mass is 16.5. The van der Waals surface area contributed by atoms with E-state index in [1.807, 2.05) is 0 Å². The van der Waals surface area contributed by atoms with E-state index in [2.05, 4.69) is 11.9 Å². The van der Waals surface area contributed by atoms with Crippen molar-refractivity contribution in [3.63, 3.8) is 0 Å². The van der Waals surface area contributed by atoms with Gasteiger partial charge in [-0.15, -0.1) is 0 Å². The molecule has 0 spiro atoms. The Kier molecular flexibility index (Phi) is 2.70.